The lowest BCUT2D eigenvalue weighted by Gasteiger charge is -2.41. The third-order valence-corrected chi connectivity index (χ3v) is 5.34. The Morgan fingerprint density at radius 2 is 0.778 bits per heavy atom. The van der Waals surface area contributed by atoms with Gasteiger partial charge in [-0.25, -0.2) is 35.1 Å². The predicted octanol–water partition coefficient (Wildman–Crippen LogP) is 7.14. The molecule has 0 heterocycles. The van der Waals surface area contributed by atoms with Crippen molar-refractivity contribution in [2.45, 2.75) is 35.7 Å². The second kappa shape index (κ2) is 5.98. The third-order valence-electron chi connectivity index (χ3n) is 3.91. The molecule has 152 valence electrons. The molecule has 2 aliphatic rings. The molecule has 0 saturated heterocycles. The fourth-order valence-electron chi connectivity index (χ4n) is 2.24. The minimum Gasteiger partial charge on any atom is -0.216 e. The fraction of sp³-hybridized carbons (Fsp3) is 0.429. The maximum absolute atomic E-state index is 14.6. The van der Waals surface area contributed by atoms with E-state index in [0.29, 0.717) is 0 Å². The molecule has 0 fully saturated rings. The van der Waals surface area contributed by atoms with Crippen molar-refractivity contribution in [1.29, 1.82) is 0 Å². The van der Waals surface area contributed by atoms with E-state index < -0.39 is 79.7 Å². The van der Waals surface area contributed by atoms with Gasteiger partial charge in [0.2, 0.25) is 0 Å². The van der Waals surface area contributed by atoms with E-state index in [2.05, 4.69) is 0 Å². The maximum atomic E-state index is 14.6. The van der Waals surface area contributed by atoms with Crippen LogP contribution in [0.5, 0.6) is 0 Å². The molecule has 0 N–H and O–H groups in total. The standard InChI is InChI=1S/C14H6F12S/c1-3-5(15)9(19)13(25,11(21,22)7(3)17)27-14(26)10(20)6(16)4(2)8(18)12(14,23)24/h1-2H3. The summed E-state index contributed by atoms with van der Waals surface area (Å²) in [5.41, 5.74) is -3.53. The molecule has 0 aromatic rings. The zero-order chi connectivity index (χ0) is 21.3. The van der Waals surface area contributed by atoms with E-state index in [4.69, 9.17) is 0 Å². The summed E-state index contributed by atoms with van der Waals surface area (Å²) in [6, 6.07) is 0. The second-order valence-electron chi connectivity index (χ2n) is 5.58. The van der Waals surface area contributed by atoms with Gasteiger partial charge in [0.15, 0.2) is 35.0 Å². The zero-order valence-electron chi connectivity index (χ0n) is 12.9. The maximum Gasteiger partial charge on any atom is 0.348 e. The van der Waals surface area contributed by atoms with E-state index >= 15 is 0 Å². The van der Waals surface area contributed by atoms with E-state index in [1.807, 2.05) is 0 Å². The van der Waals surface area contributed by atoms with E-state index in [9.17, 15) is 52.7 Å². The van der Waals surface area contributed by atoms with Crippen LogP contribution in [0.3, 0.4) is 0 Å². The molecule has 2 aliphatic carbocycles. The molecule has 0 aliphatic heterocycles. The third kappa shape index (κ3) is 2.49. The molecule has 0 aromatic carbocycles. The summed E-state index contributed by atoms with van der Waals surface area (Å²) in [7, 11) is 0. The summed E-state index contributed by atoms with van der Waals surface area (Å²) in [5, 5.41) is -11.2. The first-order valence-corrected chi connectivity index (χ1v) is 7.49. The van der Waals surface area contributed by atoms with Crippen molar-refractivity contribution >= 4 is 11.8 Å². The Morgan fingerprint density at radius 1 is 0.519 bits per heavy atom. The Hall–Kier alpha value is -1.53. The van der Waals surface area contributed by atoms with Crippen LogP contribution in [-0.2, 0) is 0 Å². The average molecular weight is 434 g/mol. The van der Waals surface area contributed by atoms with Crippen LogP contribution >= 0.6 is 11.8 Å². The normalized spacial score (nSPS) is 34.0. The van der Waals surface area contributed by atoms with Crippen LogP contribution in [0.25, 0.3) is 0 Å². The number of hydrogen-bond donors (Lipinski definition) is 0. The number of thioether (sulfide) groups is 1. The molecule has 2 atom stereocenters. The Bertz CT molecular complexity index is 767. The van der Waals surface area contributed by atoms with Gasteiger partial charge in [-0.1, -0.05) is 11.8 Å². The molecular weight excluding hydrogens is 428 g/mol. The molecule has 0 bridgehead atoms. The van der Waals surface area contributed by atoms with Crippen LogP contribution in [0.15, 0.2) is 46.1 Å². The first-order chi connectivity index (χ1) is 12.0. The Labute approximate surface area is 147 Å². The van der Waals surface area contributed by atoms with Crippen LogP contribution < -0.4 is 0 Å². The first-order valence-electron chi connectivity index (χ1n) is 6.68. The van der Waals surface area contributed by atoms with Crippen molar-refractivity contribution < 1.29 is 52.7 Å². The number of rotatable bonds is 2. The number of halogens is 12. The highest BCUT2D eigenvalue weighted by atomic mass is 32.2. The molecule has 0 amide bonds. The molecule has 0 radical (unpaired) electrons. The Kier molecular flexibility index (Phi) is 4.82. The lowest BCUT2D eigenvalue weighted by molar-refractivity contribution is -0.0880. The zero-order valence-corrected chi connectivity index (χ0v) is 13.8. The topological polar surface area (TPSA) is 0 Å². The lowest BCUT2D eigenvalue weighted by Crippen LogP contribution is -2.54. The summed E-state index contributed by atoms with van der Waals surface area (Å²) < 4.78 is 166. The van der Waals surface area contributed by atoms with Gasteiger partial charge >= 0.3 is 11.8 Å². The van der Waals surface area contributed by atoms with Gasteiger partial charge in [0.25, 0.3) is 10.0 Å². The molecule has 0 nitrogen and oxygen atoms in total. The van der Waals surface area contributed by atoms with Crippen molar-refractivity contribution in [1.82, 2.24) is 0 Å². The monoisotopic (exact) mass is 434 g/mol. The van der Waals surface area contributed by atoms with E-state index in [-0.39, 0.29) is 13.8 Å². The molecule has 0 spiro atoms. The first kappa shape index (κ1) is 21.8. The van der Waals surface area contributed by atoms with Crippen molar-refractivity contribution in [3.8, 4) is 0 Å². The van der Waals surface area contributed by atoms with Crippen molar-refractivity contribution in [3.05, 3.63) is 46.1 Å². The number of alkyl halides is 6. The minimum atomic E-state index is -5.82. The number of allylic oxidation sites excluding steroid dienone is 6. The Morgan fingerprint density at radius 3 is 1.04 bits per heavy atom. The second-order valence-corrected chi connectivity index (χ2v) is 6.90. The molecule has 13 heteroatoms. The van der Waals surface area contributed by atoms with Crippen LogP contribution in [-0.4, -0.2) is 21.8 Å². The van der Waals surface area contributed by atoms with E-state index in [1.165, 1.54) is 0 Å². The summed E-state index contributed by atoms with van der Waals surface area (Å²) in [6.45, 7) is 0.462. The van der Waals surface area contributed by atoms with Gasteiger partial charge in [0, 0.05) is 11.1 Å². The molecule has 27 heavy (non-hydrogen) atoms. The molecule has 0 aromatic heterocycles. The molecular formula is C14H6F12S. The summed E-state index contributed by atoms with van der Waals surface area (Å²) in [5.74, 6) is -29.4. The summed E-state index contributed by atoms with van der Waals surface area (Å²) in [6.07, 6.45) is 0. The predicted molar refractivity (Wildman–Crippen MR) is 71.3 cm³/mol. The summed E-state index contributed by atoms with van der Waals surface area (Å²) in [4.78, 5) is 0. The van der Waals surface area contributed by atoms with E-state index in [1.54, 1.807) is 0 Å². The largest absolute Gasteiger partial charge is 0.348 e. The quantitative estimate of drug-likeness (QED) is 0.417. The smallest absolute Gasteiger partial charge is 0.216 e. The Balaban J connectivity index is 2.75. The van der Waals surface area contributed by atoms with Crippen molar-refractivity contribution in [2.24, 2.45) is 0 Å². The highest BCUT2D eigenvalue weighted by molar-refractivity contribution is 8.02. The minimum absolute atomic E-state index is 0.231. The highest BCUT2D eigenvalue weighted by Gasteiger charge is 2.76. The van der Waals surface area contributed by atoms with Gasteiger partial charge < -0.3 is 0 Å². The molecule has 0 saturated carbocycles. The van der Waals surface area contributed by atoms with Gasteiger partial charge in [0.05, 0.1) is 0 Å². The van der Waals surface area contributed by atoms with Crippen LogP contribution in [0.1, 0.15) is 13.8 Å². The number of hydrogen-bond acceptors (Lipinski definition) is 1. The van der Waals surface area contributed by atoms with Crippen molar-refractivity contribution in [2.75, 3.05) is 0 Å². The molecule has 2 rings (SSSR count). The summed E-state index contributed by atoms with van der Waals surface area (Å²) >= 11 is -2.33. The molecule has 2 unspecified atom stereocenters. The van der Waals surface area contributed by atoms with Gasteiger partial charge in [-0.15, -0.1) is 0 Å². The highest BCUT2D eigenvalue weighted by Crippen LogP contribution is 2.66. The van der Waals surface area contributed by atoms with Gasteiger partial charge in [-0.05, 0) is 13.8 Å². The average Bonchev–Trinajstić information content (AvgIpc) is 2.60. The van der Waals surface area contributed by atoms with Crippen LogP contribution in [0, 0.1) is 0 Å². The van der Waals surface area contributed by atoms with Gasteiger partial charge in [0.1, 0.15) is 0 Å². The van der Waals surface area contributed by atoms with Gasteiger partial charge in [-0.3, -0.25) is 0 Å². The lowest BCUT2D eigenvalue weighted by atomic mass is 9.98. The van der Waals surface area contributed by atoms with Crippen LogP contribution in [0.4, 0.5) is 52.7 Å². The SMILES string of the molecule is CC1=C(F)C(F)(F)C(F)(SC2(F)C(F)=C(F)C(C)=C(F)C2(F)F)C(F)=C1F. The van der Waals surface area contributed by atoms with Crippen molar-refractivity contribution in [3.63, 3.8) is 0 Å². The van der Waals surface area contributed by atoms with Gasteiger partial charge in [-0.2, -0.15) is 17.6 Å². The van der Waals surface area contributed by atoms with E-state index in [0.717, 1.165) is 0 Å². The fourth-order valence-corrected chi connectivity index (χ4v) is 3.43. The van der Waals surface area contributed by atoms with Crippen LogP contribution in [0.2, 0.25) is 0 Å².